The van der Waals surface area contributed by atoms with Gasteiger partial charge in [0.25, 0.3) is 0 Å². The van der Waals surface area contributed by atoms with Crippen molar-refractivity contribution in [2.24, 2.45) is 0 Å². The predicted molar refractivity (Wildman–Crippen MR) is 240 cm³/mol. The molecule has 0 saturated carbocycles. The zero-order valence-corrected chi connectivity index (χ0v) is 31.7. The first-order valence-corrected chi connectivity index (χ1v) is 19.7. The van der Waals surface area contributed by atoms with E-state index in [1.165, 1.54) is 10.8 Å². The van der Waals surface area contributed by atoms with Crippen molar-refractivity contribution >= 4 is 54.6 Å². The van der Waals surface area contributed by atoms with Crippen LogP contribution in [-0.2, 0) is 0 Å². The fourth-order valence-electron chi connectivity index (χ4n) is 8.83. The Hall–Kier alpha value is -8.16. The molecular weight excluding hydrogens is 723 g/mol. The third kappa shape index (κ3) is 5.29. The van der Waals surface area contributed by atoms with Crippen molar-refractivity contribution in [3.8, 4) is 56.3 Å². The van der Waals surface area contributed by atoms with E-state index in [0.717, 1.165) is 100 Å². The van der Waals surface area contributed by atoms with E-state index in [4.69, 9.17) is 9.97 Å². The molecule has 0 bridgehead atoms. The Bertz CT molecular complexity index is 3530. The van der Waals surface area contributed by atoms with Crippen molar-refractivity contribution in [2.75, 3.05) is 0 Å². The van der Waals surface area contributed by atoms with Crippen LogP contribution < -0.4 is 0 Å². The number of hydrogen-bond donors (Lipinski definition) is 1. The molecule has 59 heavy (non-hydrogen) atoms. The van der Waals surface area contributed by atoms with Crippen LogP contribution in [0.15, 0.2) is 195 Å². The molecule has 0 unspecified atom stereocenters. The van der Waals surface area contributed by atoms with E-state index < -0.39 is 0 Å². The summed E-state index contributed by atoms with van der Waals surface area (Å²) in [5.74, 6) is 1.74. The number of aromatic nitrogens is 7. The Morgan fingerprint density at radius 2 is 1.10 bits per heavy atom. The van der Waals surface area contributed by atoms with Crippen LogP contribution in [0, 0.1) is 0 Å². The second kappa shape index (κ2) is 13.2. The average molecular weight is 756 g/mol. The molecule has 6 aromatic carbocycles. The molecular formula is C52H33N7. The second-order valence-electron chi connectivity index (χ2n) is 14.8. The maximum atomic E-state index is 5.60. The summed E-state index contributed by atoms with van der Waals surface area (Å²) in [5, 5.41) is 4.69. The summed E-state index contributed by atoms with van der Waals surface area (Å²) in [7, 11) is 0. The van der Waals surface area contributed by atoms with Crippen LogP contribution in [0.25, 0.3) is 111 Å². The number of aromatic amines is 1. The van der Waals surface area contributed by atoms with Gasteiger partial charge in [0.2, 0.25) is 0 Å². The zero-order valence-electron chi connectivity index (χ0n) is 31.7. The molecule has 0 saturated heterocycles. The van der Waals surface area contributed by atoms with Crippen LogP contribution in [0.1, 0.15) is 0 Å². The maximum Gasteiger partial charge on any atom is 0.147 e. The topological polar surface area (TPSA) is 77.2 Å². The number of nitrogens with one attached hydrogen (secondary N) is 1. The summed E-state index contributed by atoms with van der Waals surface area (Å²) < 4.78 is 4.58. The van der Waals surface area contributed by atoms with Gasteiger partial charge in [-0.2, -0.15) is 0 Å². The van der Waals surface area contributed by atoms with Crippen LogP contribution in [0.4, 0.5) is 0 Å². The highest BCUT2D eigenvalue weighted by Crippen LogP contribution is 2.41. The monoisotopic (exact) mass is 755 g/mol. The summed E-state index contributed by atoms with van der Waals surface area (Å²) in [6.07, 6.45) is 9.21. The smallest absolute Gasteiger partial charge is 0.147 e. The highest BCUT2D eigenvalue weighted by molar-refractivity contribution is 6.13. The van der Waals surface area contributed by atoms with E-state index in [1.807, 2.05) is 55.2 Å². The van der Waals surface area contributed by atoms with Crippen molar-refractivity contribution in [3.63, 3.8) is 0 Å². The SMILES string of the molecule is c1ccc(-n2c3ccc(-c4ccncc4)cc3c3ccc(-c4cccc5c4nc(-c4cccc6c4[nH]c4ccccc46)n5-c4ccc(-c5ccncc5)cc4)cc32)nc1. The fourth-order valence-corrected chi connectivity index (χ4v) is 8.83. The van der Waals surface area contributed by atoms with Gasteiger partial charge in [0, 0.05) is 74.9 Å². The van der Waals surface area contributed by atoms with Gasteiger partial charge in [0.1, 0.15) is 11.6 Å². The summed E-state index contributed by atoms with van der Waals surface area (Å²) in [6, 6.07) is 58.0. The maximum absolute atomic E-state index is 5.60. The molecule has 6 aromatic heterocycles. The van der Waals surface area contributed by atoms with E-state index in [2.05, 4.69) is 164 Å². The zero-order chi connectivity index (χ0) is 38.9. The summed E-state index contributed by atoms with van der Waals surface area (Å²) >= 11 is 0. The lowest BCUT2D eigenvalue weighted by Crippen LogP contribution is -1.98. The third-order valence-corrected chi connectivity index (χ3v) is 11.6. The first-order valence-electron chi connectivity index (χ1n) is 19.7. The Morgan fingerprint density at radius 3 is 1.92 bits per heavy atom. The molecule has 7 nitrogen and oxygen atoms in total. The van der Waals surface area contributed by atoms with E-state index >= 15 is 0 Å². The van der Waals surface area contributed by atoms with Crippen molar-refractivity contribution < 1.29 is 0 Å². The van der Waals surface area contributed by atoms with E-state index in [9.17, 15) is 0 Å². The molecule has 0 atom stereocenters. The van der Waals surface area contributed by atoms with Gasteiger partial charge in [0.05, 0.1) is 27.6 Å². The Balaban J connectivity index is 1.10. The largest absolute Gasteiger partial charge is 0.354 e. The normalized spacial score (nSPS) is 11.7. The molecule has 0 amide bonds. The lowest BCUT2D eigenvalue weighted by Gasteiger charge is -2.12. The summed E-state index contributed by atoms with van der Waals surface area (Å²) in [5.41, 5.74) is 15.0. The summed E-state index contributed by atoms with van der Waals surface area (Å²) in [4.78, 5) is 22.6. The lowest BCUT2D eigenvalue weighted by atomic mass is 10.0. The average Bonchev–Trinajstić information content (AvgIpc) is 3.99. The van der Waals surface area contributed by atoms with Gasteiger partial charge < -0.3 is 4.98 Å². The van der Waals surface area contributed by atoms with Gasteiger partial charge >= 0.3 is 0 Å². The molecule has 0 fully saturated rings. The van der Waals surface area contributed by atoms with Gasteiger partial charge in [-0.1, -0.05) is 78.9 Å². The van der Waals surface area contributed by atoms with Crippen LogP contribution in [0.3, 0.4) is 0 Å². The second-order valence-corrected chi connectivity index (χ2v) is 14.8. The number of fused-ring (bicyclic) bond motifs is 7. The number of hydrogen-bond acceptors (Lipinski definition) is 4. The van der Waals surface area contributed by atoms with E-state index in [1.54, 1.807) is 0 Å². The number of imidazole rings is 1. The van der Waals surface area contributed by atoms with Crippen LogP contribution in [-0.4, -0.2) is 34.1 Å². The number of pyridine rings is 3. The quantitative estimate of drug-likeness (QED) is 0.183. The molecule has 12 aromatic rings. The van der Waals surface area contributed by atoms with Crippen LogP contribution in [0.5, 0.6) is 0 Å². The standard InChI is InChI=1S/C52H33N7/c1-2-11-45-40(7-1)42-9-5-10-43(50(42)56-45)52-57-51-39(8-6-12-47(51)58(52)38-18-14-33(15-19-38)34-22-27-53-28-23-34)37-16-20-41-44-31-36(35-24-29-54-30-25-35)17-21-46(44)59(48(41)32-37)49-13-3-4-26-55-49/h1-32,56H. The van der Waals surface area contributed by atoms with Crippen molar-refractivity contribution in [1.29, 1.82) is 0 Å². The van der Waals surface area contributed by atoms with Gasteiger partial charge in [-0.05, 0) is 113 Å². The summed E-state index contributed by atoms with van der Waals surface area (Å²) in [6.45, 7) is 0. The van der Waals surface area contributed by atoms with E-state index in [0.29, 0.717) is 0 Å². The fraction of sp³-hybridized carbons (Fsp3) is 0. The van der Waals surface area contributed by atoms with Crippen molar-refractivity contribution in [3.05, 3.63) is 195 Å². The minimum Gasteiger partial charge on any atom is -0.354 e. The molecule has 0 radical (unpaired) electrons. The van der Waals surface area contributed by atoms with Gasteiger partial charge in [-0.3, -0.25) is 19.1 Å². The van der Waals surface area contributed by atoms with E-state index in [-0.39, 0.29) is 0 Å². The number of nitrogens with zero attached hydrogens (tertiary/aromatic N) is 6. The Labute approximate surface area is 338 Å². The highest BCUT2D eigenvalue weighted by atomic mass is 15.1. The molecule has 0 aliphatic carbocycles. The first-order chi connectivity index (χ1) is 29.3. The molecule has 12 rings (SSSR count). The number of rotatable bonds is 6. The molecule has 0 aliphatic rings. The number of para-hydroxylation sites is 3. The molecule has 276 valence electrons. The van der Waals surface area contributed by atoms with Crippen LogP contribution in [0.2, 0.25) is 0 Å². The molecule has 7 heteroatoms. The highest BCUT2D eigenvalue weighted by Gasteiger charge is 2.22. The minimum atomic E-state index is 0.868. The van der Waals surface area contributed by atoms with Gasteiger partial charge in [-0.15, -0.1) is 0 Å². The molecule has 0 spiro atoms. The van der Waals surface area contributed by atoms with Crippen molar-refractivity contribution in [2.45, 2.75) is 0 Å². The Morgan fingerprint density at radius 1 is 0.407 bits per heavy atom. The van der Waals surface area contributed by atoms with Gasteiger partial charge in [-0.25, -0.2) is 9.97 Å². The van der Waals surface area contributed by atoms with Gasteiger partial charge in [0.15, 0.2) is 0 Å². The Kier molecular flexibility index (Phi) is 7.40. The predicted octanol–water partition coefficient (Wildman–Crippen LogP) is 12.6. The molecule has 6 heterocycles. The molecule has 1 N–H and O–H groups in total. The first kappa shape index (κ1) is 33.0. The number of benzene rings is 6. The molecule has 0 aliphatic heterocycles. The van der Waals surface area contributed by atoms with Crippen LogP contribution >= 0.6 is 0 Å². The minimum absolute atomic E-state index is 0.868. The van der Waals surface area contributed by atoms with Crippen molar-refractivity contribution in [1.82, 2.24) is 34.1 Å². The lowest BCUT2D eigenvalue weighted by molar-refractivity contribution is 1.08. The number of H-pyrrole nitrogens is 1. The third-order valence-electron chi connectivity index (χ3n) is 11.6.